The molecule has 0 radical (unpaired) electrons. The monoisotopic (exact) mass is 1280 g/mol. The first-order chi connectivity index (χ1) is 38.9. The van der Waals surface area contributed by atoms with Gasteiger partial charge in [0.05, 0.1) is 65.0 Å². The number of carbonyl (C=O) groups is 2. The van der Waals surface area contributed by atoms with Crippen LogP contribution in [-0.4, -0.2) is 234 Å². The van der Waals surface area contributed by atoms with Crippen LogP contribution in [0.2, 0.25) is 0 Å². The van der Waals surface area contributed by atoms with Crippen LogP contribution in [0.1, 0.15) is 86.9 Å². The molecule has 36 heteroatoms. The van der Waals surface area contributed by atoms with E-state index in [9.17, 15) is 52.9 Å². The van der Waals surface area contributed by atoms with Crippen LogP contribution in [0.25, 0.3) is 16.5 Å². The lowest BCUT2D eigenvalue weighted by molar-refractivity contribution is -0.122. The maximum Gasteiger partial charge on any atom is 0.490 e. The van der Waals surface area contributed by atoms with Gasteiger partial charge in [-0.25, -0.2) is 18.5 Å². The predicted octanol–water partition coefficient (Wildman–Crippen LogP) is 3.33. The number of aromatic amines is 1. The van der Waals surface area contributed by atoms with Crippen molar-refractivity contribution in [1.82, 2.24) is 34.9 Å². The highest BCUT2D eigenvalue weighted by Gasteiger charge is 2.47. The van der Waals surface area contributed by atoms with Crippen molar-refractivity contribution in [2.24, 2.45) is 5.11 Å². The minimum Gasteiger partial charge on any atom is -0.387 e. The summed E-state index contributed by atoms with van der Waals surface area (Å²) in [6.45, 7) is 32.7. The molecule has 2 rings (SSSR count). The number of amides is 2. The Bertz CT molecular complexity index is 2140. The molecule has 1 aliphatic rings. The van der Waals surface area contributed by atoms with Crippen molar-refractivity contribution in [2.75, 3.05) is 150 Å². The first-order valence-corrected chi connectivity index (χ1v) is 34.0. The highest BCUT2D eigenvalue weighted by Crippen LogP contribution is 2.66. The zero-order valence-electron chi connectivity index (χ0n) is 48.8. The lowest BCUT2D eigenvalue weighted by Crippen LogP contribution is -2.38. The van der Waals surface area contributed by atoms with Gasteiger partial charge in [-0.1, -0.05) is 101 Å². The average molecular weight is 1280 g/mol. The number of hydrogen-bond acceptors (Lipinski definition) is 23. The first-order valence-electron chi connectivity index (χ1n) is 27.0. The number of aromatic nitrogens is 2. The third kappa shape index (κ3) is 42.2. The minimum absolute atomic E-state index is 0.0169. The summed E-state index contributed by atoms with van der Waals surface area (Å²) in [5.41, 5.74) is 6.05. The predicted molar refractivity (Wildman–Crippen MR) is 314 cm³/mol. The van der Waals surface area contributed by atoms with E-state index in [0.29, 0.717) is 68.9 Å². The van der Waals surface area contributed by atoms with Crippen molar-refractivity contribution < 1.29 is 89.9 Å². The summed E-state index contributed by atoms with van der Waals surface area (Å²) in [5, 5.41) is 29.6. The fourth-order valence-corrected chi connectivity index (χ4v) is 11.4. The van der Waals surface area contributed by atoms with Gasteiger partial charge in [-0.3, -0.25) is 28.5 Å². The summed E-state index contributed by atoms with van der Waals surface area (Å²) >= 11 is 0. The van der Waals surface area contributed by atoms with Crippen LogP contribution in [0.4, 0.5) is 0 Å². The lowest BCUT2D eigenvalue weighted by atomic mass is 10.1. The van der Waals surface area contributed by atoms with Crippen LogP contribution in [0.5, 0.6) is 0 Å². The topological polar surface area (TPSA) is 418 Å². The number of phosphoric acid groups is 3. The van der Waals surface area contributed by atoms with E-state index in [4.69, 9.17) is 39.0 Å². The van der Waals surface area contributed by atoms with Crippen molar-refractivity contribution in [1.29, 1.82) is 0 Å². The quantitative estimate of drug-likeness (QED) is 0.0113. The summed E-state index contributed by atoms with van der Waals surface area (Å²) in [5.74, 6) is 0.595. The van der Waals surface area contributed by atoms with Gasteiger partial charge in [0.2, 0.25) is 11.8 Å². The molecule has 3 unspecified atom stereocenters. The van der Waals surface area contributed by atoms with Gasteiger partial charge in [0.1, 0.15) is 18.3 Å². The molecule has 480 valence electrons. The normalized spacial score (nSPS) is 17.4. The number of azide groups is 1. The second-order valence-electron chi connectivity index (χ2n) is 16.6. The SMILES string of the molecule is CCN(CC)CC.CCN(CC)CC.CCN(CC)CC.[N-]=[N+]=NCCOCCOCCOCCOCCC(=O)NCCSSCCC(=O)NC/C=C/c1cn([C@@H]2O[C@H](COP(=O)(O)OP(=O)(O)OP(=O)(O)O)[C@H](O)C2O)c(=O)[nH]c1=O. The second-order valence-corrected chi connectivity index (χ2v) is 23.8. The molecule has 0 aromatic carbocycles. The number of hydrogen-bond donors (Lipinski definition) is 9. The number of aliphatic hydroxyl groups is 2. The Morgan fingerprint density at radius 1 is 0.707 bits per heavy atom. The molecule has 1 aromatic rings. The zero-order chi connectivity index (χ0) is 62.4. The van der Waals surface area contributed by atoms with E-state index in [0.717, 1.165) is 6.20 Å². The number of aliphatic hydroxyl groups excluding tert-OH is 2. The number of nitrogens with zero attached hydrogens (tertiary/aromatic N) is 7. The number of phosphoric ester groups is 1. The minimum atomic E-state index is -5.83. The third-order valence-electron chi connectivity index (χ3n) is 11.2. The van der Waals surface area contributed by atoms with Gasteiger partial charge < -0.3 is 78.8 Å². The molecule has 6 atom stereocenters. The molecule has 82 heavy (non-hydrogen) atoms. The van der Waals surface area contributed by atoms with E-state index in [1.807, 2.05) is 4.98 Å². The lowest BCUT2D eigenvalue weighted by Gasteiger charge is -2.19. The van der Waals surface area contributed by atoms with Crippen molar-refractivity contribution in [2.45, 2.75) is 99.7 Å². The van der Waals surface area contributed by atoms with E-state index in [1.165, 1.54) is 92.6 Å². The Labute approximate surface area is 489 Å². The fraction of sp³-hybridized carbons (Fsp3) is 0.826. The van der Waals surface area contributed by atoms with Crippen LogP contribution < -0.4 is 21.9 Å². The number of H-pyrrole nitrogens is 1. The molecule has 2 heterocycles. The summed E-state index contributed by atoms with van der Waals surface area (Å²) in [6, 6.07) is 0. The van der Waals surface area contributed by atoms with E-state index in [2.05, 4.69) is 111 Å². The van der Waals surface area contributed by atoms with Crippen LogP contribution in [0.3, 0.4) is 0 Å². The highest BCUT2D eigenvalue weighted by atomic mass is 33.1. The molecule has 0 bridgehead atoms. The average Bonchev–Trinajstić information content (AvgIpc) is 3.99. The van der Waals surface area contributed by atoms with Crippen molar-refractivity contribution in [3.8, 4) is 0 Å². The summed E-state index contributed by atoms with van der Waals surface area (Å²) < 4.78 is 73.2. The van der Waals surface area contributed by atoms with Gasteiger partial charge in [0, 0.05) is 55.1 Å². The number of carbonyl (C=O) groups excluding carboxylic acids is 2. The van der Waals surface area contributed by atoms with Crippen molar-refractivity contribution in [3.05, 3.63) is 49.1 Å². The molecule has 0 aliphatic carbocycles. The van der Waals surface area contributed by atoms with Gasteiger partial charge >= 0.3 is 29.2 Å². The summed E-state index contributed by atoms with van der Waals surface area (Å²) in [6.07, 6.45) is -3.24. The maximum absolute atomic E-state index is 12.5. The summed E-state index contributed by atoms with van der Waals surface area (Å²) in [4.78, 5) is 97.0. The van der Waals surface area contributed by atoms with Gasteiger partial charge in [0.25, 0.3) is 5.56 Å². The van der Waals surface area contributed by atoms with Crippen LogP contribution in [-0.2, 0) is 60.1 Å². The molecule has 1 fully saturated rings. The molecule has 1 aromatic heterocycles. The molecule has 0 saturated carbocycles. The first kappa shape index (κ1) is 81.4. The van der Waals surface area contributed by atoms with Gasteiger partial charge in [0.15, 0.2) is 6.23 Å². The zero-order valence-corrected chi connectivity index (χ0v) is 53.1. The molecular weight excluding hydrogens is 1190 g/mol. The van der Waals surface area contributed by atoms with Gasteiger partial charge in [-0.15, -0.1) is 0 Å². The molecule has 31 nitrogen and oxygen atoms in total. The fourth-order valence-electron chi connectivity index (χ4n) is 6.49. The Balaban J connectivity index is 0. The smallest absolute Gasteiger partial charge is 0.387 e. The summed E-state index contributed by atoms with van der Waals surface area (Å²) in [7, 11) is -14.2. The van der Waals surface area contributed by atoms with E-state index >= 15 is 0 Å². The standard InChI is InChI=1S/C28H48N7O21P3S2.3C6H15N/c29-34-32-6-9-50-11-13-52-15-14-51-12-10-49-8-3-22(36)31-7-17-61-60-16-4-23(37)30-5-1-2-20-18-35(28(41)33-26(20)40)27-25(39)24(38)21(54-27)19-53-58(45,46)56-59(47,48)55-57(42,43)44;3*1-4-7(5-2)6-3/h1-2,18,21,24-25,27,38-39H,3-17,19H2,(H,30,37)(H,31,36)(H,45,46)(H,47,48)(H,33,40,41)(H2,42,43,44);3*4-6H2,1-3H3/b2-1+;;;/t21-,24+,25?,27-;;;/m1.../s1. The molecule has 1 saturated heterocycles. The Hall–Kier alpha value is -2.62. The Morgan fingerprint density at radius 2 is 1.18 bits per heavy atom. The maximum atomic E-state index is 12.5. The molecular formula is C46H93N10O21P3S2. The van der Waals surface area contributed by atoms with E-state index in [-0.39, 0.29) is 49.9 Å². The largest absolute Gasteiger partial charge is 0.490 e. The highest BCUT2D eigenvalue weighted by molar-refractivity contribution is 8.76. The number of nitrogens with one attached hydrogen (secondary N) is 3. The van der Waals surface area contributed by atoms with E-state index in [1.54, 1.807) is 0 Å². The van der Waals surface area contributed by atoms with Crippen LogP contribution in [0, 0.1) is 0 Å². The van der Waals surface area contributed by atoms with Crippen LogP contribution >= 0.6 is 45.1 Å². The molecule has 2 amide bonds. The van der Waals surface area contributed by atoms with Gasteiger partial charge in [-0.2, -0.15) is 8.62 Å². The van der Waals surface area contributed by atoms with Crippen molar-refractivity contribution in [3.63, 3.8) is 0 Å². The molecule has 0 spiro atoms. The number of ether oxygens (including phenoxy) is 5. The third-order valence-corrected chi connectivity index (χ3v) is 17.4. The second kappa shape index (κ2) is 49.5. The van der Waals surface area contributed by atoms with Crippen LogP contribution in [0.15, 0.2) is 27.0 Å². The Kier molecular flexibility index (Phi) is 49.2. The molecule has 1 aliphatic heterocycles. The Morgan fingerprint density at radius 3 is 1.66 bits per heavy atom. The molecule has 9 N–H and O–H groups in total. The van der Waals surface area contributed by atoms with E-state index < -0.39 is 65.9 Å². The van der Waals surface area contributed by atoms with Gasteiger partial charge in [-0.05, 0) is 64.4 Å². The van der Waals surface area contributed by atoms with Crippen molar-refractivity contribution >= 4 is 62.9 Å². The number of rotatable bonds is 42.